The average Bonchev–Trinajstić information content (AvgIpc) is 2.26. The van der Waals surface area contributed by atoms with Crippen LogP contribution in [0.15, 0.2) is 24.3 Å². The zero-order valence-electron chi connectivity index (χ0n) is 9.99. The Morgan fingerprint density at radius 2 is 1.82 bits per heavy atom. The first-order chi connectivity index (χ1) is 7.99. The maximum absolute atomic E-state index is 11.6. The Bertz CT molecular complexity index is 399. The van der Waals surface area contributed by atoms with E-state index in [1.54, 1.807) is 24.3 Å². The monoisotopic (exact) mass is 235 g/mol. The molecule has 4 N–H and O–H groups in total. The minimum Gasteiger partial charge on any atom is -0.399 e. The number of benzene rings is 1. The lowest BCUT2D eigenvalue weighted by Gasteiger charge is -2.09. The molecule has 0 aliphatic heterocycles. The highest BCUT2D eigenvalue weighted by atomic mass is 16.2. The van der Waals surface area contributed by atoms with Crippen molar-refractivity contribution in [3.8, 4) is 0 Å². The topological polar surface area (TPSA) is 84.2 Å². The Balaban J connectivity index is 2.45. The van der Waals surface area contributed by atoms with Crippen LogP contribution in [0, 0.1) is 0 Å². The van der Waals surface area contributed by atoms with Gasteiger partial charge < -0.3 is 16.4 Å². The third kappa shape index (κ3) is 4.55. The van der Waals surface area contributed by atoms with Gasteiger partial charge in [0.05, 0.1) is 6.54 Å². The summed E-state index contributed by atoms with van der Waals surface area (Å²) in [6, 6.07) is 6.58. The maximum atomic E-state index is 11.6. The van der Waals surface area contributed by atoms with Crippen molar-refractivity contribution in [1.29, 1.82) is 0 Å². The number of nitrogens with one attached hydrogen (secondary N) is 2. The summed E-state index contributed by atoms with van der Waals surface area (Å²) in [6.45, 7) is 3.70. The number of rotatable bonds is 4. The number of hydrogen-bond donors (Lipinski definition) is 3. The van der Waals surface area contributed by atoms with Crippen LogP contribution in [0.4, 0.5) is 5.69 Å². The summed E-state index contributed by atoms with van der Waals surface area (Å²) in [7, 11) is 0. The molecule has 0 aliphatic rings. The quantitative estimate of drug-likeness (QED) is 0.665. The number of carbonyl (C=O) groups is 2. The molecule has 5 heteroatoms. The first-order valence-electron chi connectivity index (χ1n) is 5.42. The van der Waals surface area contributed by atoms with Gasteiger partial charge in [0.2, 0.25) is 5.91 Å². The van der Waals surface area contributed by atoms with E-state index in [-0.39, 0.29) is 24.4 Å². The lowest BCUT2D eigenvalue weighted by Crippen LogP contribution is -2.39. The SMILES string of the molecule is CC(C)NC(=O)CNC(=O)c1ccc(N)cc1. The average molecular weight is 235 g/mol. The second-order valence-corrected chi connectivity index (χ2v) is 4.03. The zero-order chi connectivity index (χ0) is 12.8. The summed E-state index contributed by atoms with van der Waals surface area (Å²) in [5.41, 5.74) is 6.59. The van der Waals surface area contributed by atoms with Crippen molar-refractivity contribution in [3.05, 3.63) is 29.8 Å². The Kier molecular flexibility index (Phi) is 4.51. The molecule has 0 heterocycles. The van der Waals surface area contributed by atoms with Crippen molar-refractivity contribution < 1.29 is 9.59 Å². The fraction of sp³-hybridized carbons (Fsp3) is 0.333. The van der Waals surface area contributed by atoms with E-state index in [0.717, 1.165) is 0 Å². The Morgan fingerprint density at radius 1 is 1.24 bits per heavy atom. The standard InChI is InChI=1S/C12H17N3O2/c1-8(2)15-11(16)7-14-12(17)9-3-5-10(13)6-4-9/h3-6,8H,7,13H2,1-2H3,(H,14,17)(H,15,16). The van der Waals surface area contributed by atoms with E-state index in [4.69, 9.17) is 5.73 Å². The van der Waals surface area contributed by atoms with Crippen LogP contribution in [0.5, 0.6) is 0 Å². The van der Waals surface area contributed by atoms with Crippen LogP contribution in [0.2, 0.25) is 0 Å². The molecule has 17 heavy (non-hydrogen) atoms. The van der Waals surface area contributed by atoms with Crippen LogP contribution in [-0.2, 0) is 4.79 Å². The molecule has 5 nitrogen and oxygen atoms in total. The van der Waals surface area contributed by atoms with Crippen molar-refractivity contribution >= 4 is 17.5 Å². The van der Waals surface area contributed by atoms with E-state index >= 15 is 0 Å². The fourth-order valence-corrected chi connectivity index (χ4v) is 1.27. The van der Waals surface area contributed by atoms with Crippen LogP contribution in [0.25, 0.3) is 0 Å². The number of nitrogen functional groups attached to an aromatic ring is 1. The summed E-state index contributed by atoms with van der Waals surface area (Å²) in [5, 5.41) is 5.22. The third-order valence-electron chi connectivity index (χ3n) is 2.03. The molecule has 0 aliphatic carbocycles. The molecule has 0 fully saturated rings. The summed E-state index contributed by atoms with van der Waals surface area (Å²) >= 11 is 0. The maximum Gasteiger partial charge on any atom is 0.251 e. The Labute approximate surface area is 100 Å². The van der Waals surface area contributed by atoms with Crippen LogP contribution in [0.3, 0.4) is 0 Å². The third-order valence-corrected chi connectivity index (χ3v) is 2.03. The van der Waals surface area contributed by atoms with Gasteiger partial charge in [0, 0.05) is 17.3 Å². The first-order valence-corrected chi connectivity index (χ1v) is 5.42. The van der Waals surface area contributed by atoms with Gasteiger partial charge in [-0.05, 0) is 38.1 Å². The van der Waals surface area contributed by atoms with Gasteiger partial charge in [-0.2, -0.15) is 0 Å². The molecule has 0 saturated heterocycles. The molecule has 0 aromatic heterocycles. The molecule has 1 rings (SSSR count). The predicted octanol–water partition coefficient (Wildman–Crippen LogP) is 0.523. The number of anilines is 1. The smallest absolute Gasteiger partial charge is 0.251 e. The fourth-order valence-electron chi connectivity index (χ4n) is 1.27. The number of hydrogen-bond acceptors (Lipinski definition) is 3. The Morgan fingerprint density at radius 3 is 2.35 bits per heavy atom. The van der Waals surface area contributed by atoms with Crippen LogP contribution >= 0.6 is 0 Å². The van der Waals surface area contributed by atoms with Gasteiger partial charge in [0.1, 0.15) is 0 Å². The summed E-state index contributed by atoms with van der Waals surface area (Å²) < 4.78 is 0. The molecule has 0 radical (unpaired) electrons. The van der Waals surface area contributed by atoms with Crippen molar-refractivity contribution in [1.82, 2.24) is 10.6 Å². The van der Waals surface area contributed by atoms with E-state index in [2.05, 4.69) is 10.6 Å². The normalized spacial score (nSPS) is 10.1. The van der Waals surface area contributed by atoms with Crippen molar-refractivity contribution in [2.24, 2.45) is 0 Å². The highest BCUT2D eigenvalue weighted by Crippen LogP contribution is 2.04. The van der Waals surface area contributed by atoms with Crippen LogP contribution in [-0.4, -0.2) is 24.4 Å². The predicted molar refractivity (Wildman–Crippen MR) is 66.5 cm³/mol. The van der Waals surface area contributed by atoms with E-state index in [1.165, 1.54) is 0 Å². The van der Waals surface area contributed by atoms with Gasteiger partial charge in [-0.1, -0.05) is 0 Å². The number of carbonyl (C=O) groups excluding carboxylic acids is 2. The minimum absolute atomic E-state index is 0.0264. The van der Waals surface area contributed by atoms with E-state index in [9.17, 15) is 9.59 Å². The van der Waals surface area contributed by atoms with Crippen LogP contribution in [0.1, 0.15) is 24.2 Å². The summed E-state index contributed by atoms with van der Waals surface area (Å²) in [6.07, 6.45) is 0. The lowest BCUT2D eigenvalue weighted by atomic mass is 10.2. The molecule has 0 spiro atoms. The number of nitrogens with two attached hydrogens (primary N) is 1. The van der Waals surface area contributed by atoms with Crippen LogP contribution < -0.4 is 16.4 Å². The molecular weight excluding hydrogens is 218 g/mol. The molecule has 1 aromatic rings. The Hall–Kier alpha value is -2.04. The first kappa shape index (κ1) is 13.0. The van der Waals surface area contributed by atoms with E-state index in [0.29, 0.717) is 11.3 Å². The summed E-state index contributed by atoms with van der Waals surface area (Å²) in [4.78, 5) is 22.9. The van der Waals surface area contributed by atoms with Gasteiger partial charge in [0.15, 0.2) is 0 Å². The van der Waals surface area contributed by atoms with Crippen molar-refractivity contribution in [2.45, 2.75) is 19.9 Å². The largest absolute Gasteiger partial charge is 0.399 e. The second-order valence-electron chi connectivity index (χ2n) is 4.03. The minimum atomic E-state index is -0.288. The van der Waals surface area contributed by atoms with Crippen molar-refractivity contribution in [3.63, 3.8) is 0 Å². The lowest BCUT2D eigenvalue weighted by molar-refractivity contribution is -0.120. The molecule has 0 bridgehead atoms. The molecule has 1 aromatic carbocycles. The highest BCUT2D eigenvalue weighted by molar-refractivity contribution is 5.96. The molecule has 0 saturated carbocycles. The van der Waals surface area contributed by atoms with Gasteiger partial charge >= 0.3 is 0 Å². The van der Waals surface area contributed by atoms with Crippen molar-refractivity contribution in [2.75, 3.05) is 12.3 Å². The van der Waals surface area contributed by atoms with Gasteiger partial charge in [-0.3, -0.25) is 9.59 Å². The molecule has 0 unspecified atom stereocenters. The number of amides is 2. The second kappa shape index (κ2) is 5.89. The van der Waals surface area contributed by atoms with Gasteiger partial charge in [-0.15, -0.1) is 0 Å². The molecular formula is C12H17N3O2. The van der Waals surface area contributed by atoms with Gasteiger partial charge in [-0.25, -0.2) is 0 Å². The van der Waals surface area contributed by atoms with Gasteiger partial charge in [0.25, 0.3) is 5.91 Å². The molecule has 0 atom stereocenters. The van der Waals surface area contributed by atoms with E-state index < -0.39 is 0 Å². The molecule has 2 amide bonds. The molecule has 92 valence electrons. The zero-order valence-corrected chi connectivity index (χ0v) is 9.99. The summed E-state index contributed by atoms with van der Waals surface area (Å²) in [5.74, 6) is -0.493. The van der Waals surface area contributed by atoms with E-state index in [1.807, 2.05) is 13.8 Å². The highest BCUT2D eigenvalue weighted by Gasteiger charge is 2.08.